The van der Waals surface area contributed by atoms with Gasteiger partial charge in [0, 0.05) is 27.8 Å². The number of halogens is 1. The molecule has 100 valence electrons. The lowest BCUT2D eigenvalue weighted by atomic mass is 9.72. The molecule has 1 aromatic rings. The molecule has 0 aromatic heterocycles. The molecule has 2 rings (SSSR count). The minimum atomic E-state index is 0.608. The van der Waals surface area contributed by atoms with Crippen molar-refractivity contribution in [1.29, 1.82) is 0 Å². The molecule has 2 heteroatoms. The van der Waals surface area contributed by atoms with Crippen molar-refractivity contribution in [3.05, 3.63) is 27.3 Å². The van der Waals surface area contributed by atoms with E-state index in [1.165, 1.54) is 53.6 Å². The lowest BCUT2D eigenvalue weighted by Crippen LogP contribution is -2.56. The molecule has 0 atom stereocenters. The third-order valence-corrected chi connectivity index (χ3v) is 4.80. The molecule has 0 bridgehead atoms. The van der Waals surface area contributed by atoms with Gasteiger partial charge in [0.25, 0.3) is 0 Å². The fourth-order valence-corrected chi connectivity index (χ4v) is 3.83. The standard InChI is InChI=1S/C16H24IN/c1-4-8-16(9-5-2)11-18(12-16)15-10-14(17)7-6-13(15)3/h6-7,10H,4-5,8-9,11-12H2,1-3H3. The third-order valence-electron chi connectivity index (χ3n) is 4.13. The number of aryl methyl sites for hydroxylation is 1. The fraction of sp³-hybridized carbons (Fsp3) is 0.625. The second kappa shape index (κ2) is 5.81. The van der Waals surface area contributed by atoms with Crippen LogP contribution in [0, 0.1) is 15.9 Å². The largest absolute Gasteiger partial charge is 0.370 e. The van der Waals surface area contributed by atoms with Crippen LogP contribution in [0.2, 0.25) is 0 Å². The molecule has 1 heterocycles. The maximum absolute atomic E-state index is 2.57. The Morgan fingerprint density at radius 2 is 1.78 bits per heavy atom. The molecule has 0 saturated carbocycles. The van der Waals surface area contributed by atoms with E-state index in [2.05, 4.69) is 66.5 Å². The monoisotopic (exact) mass is 357 g/mol. The molecular formula is C16H24IN. The summed E-state index contributed by atoms with van der Waals surface area (Å²) in [6, 6.07) is 6.78. The molecule has 1 aliphatic heterocycles. The van der Waals surface area contributed by atoms with E-state index in [0.29, 0.717) is 5.41 Å². The maximum Gasteiger partial charge on any atom is 0.0406 e. The van der Waals surface area contributed by atoms with Gasteiger partial charge in [-0.25, -0.2) is 0 Å². The van der Waals surface area contributed by atoms with Crippen LogP contribution in [0.4, 0.5) is 5.69 Å². The van der Waals surface area contributed by atoms with Gasteiger partial charge < -0.3 is 4.90 Å². The lowest BCUT2D eigenvalue weighted by molar-refractivity contribution is 0.173. The van der Waals surface area contributed by atoms with E-state index in [1.807, 2.05) is 0 Å². The first-order chi connectivity index (χ1) is 8.60. The Labute approximate surface area is 125 Å². The van der Waals surface area contributed by atoms with E-state index in [4.69, 9.17) is 0 Å². The van der Waals surface area contributed by atoms with Crippen molar-refractivity contribution in [3.8, 4) is 0 Å². The number of anilines is 1. The van der Waals surface area contributed by atoms with Crippen LogP contribution < -0.4 is 4.90 Å². The quantitative estimate of drug-likeness (QED) is 0.670. The van der Waals surface area contributed by atoms with Crippen LogP contribution >= 0.6 is 22.6 Å². The number of nitrogens with zero attached hydrogens (tertiary/aromatic N) is 1. The van der Waals surface area contributed by atoms with E-state index in [-0.39, 0.29) is 0 Å². The molecule has 1 aromatic carbocycles. The first-order valence-electron chi connectivity index (χ1n) is 7.11. The second-order valence-corrected chi connectivity index (χ2v) is 7.03. The molecule has 0 radical (unpaired) electrons. The third kappa shape index (κ3) is 2.84. The number of hydrogen-bond acceptors (Lipinski definition) is 1. The summed E-state index contributed by atoms with van der Waals surface area (Å²) >= 11 is 2.41. The van der Waals surface area contributed by atoms with Gasteiger partial charge in [-0.15, -0.1) is 0 Å². The van der Waals surface area contributed by atoms with Crippen molar-refractivity contribution < 1.29 is 0 Å². The summed E-state index contributed by atoms with van der Waals surface area (Å²) in [6.07, 6.45) is 5.42. The van der Waals surface area contributed by atoms with Crippen molar-refractivity contribution in [3.63, 3.8) is 0 Å². The van der Waals surface area contributed by atoms with Crippen LogP contribution in [0.3, 0.4) is 0 Å². The van der Waals surface area contributed by atoms with Crippen LogP contribution in [0.15, 0.2) is 18.2 Å². The van der Waals surface area contributed by atoms with Gasteiger partial charge in [-0.3, -0.25) is 0 Å². The van der Waals surface area contributed by atoms with E-state index in [9.17, 15) is 0 Å². The zero-order chi connectivity index (χ0) is 13.2. The minimum absolute atomic E-state index is 0.608. The summed E-state index contributed by atoms with van der Waals surface area (Å²) in [5.74, 6) is 0. The van der Waals surface area contributed by atoms with Crippen molar-refractivity contribution >= 4 is 28.3 Å². The molecule has 0 spiro atoms. The van der Waals surface area contributed by atoms with Gasteiger partial charge in [0.1, 0.15) is 0 Å². The zero-order valence-corrected chi connectivity index (χ0v) is 14.0. The van der Waals surface area contributed by atoms with E-state index in [1.54, 1.807) is 0 Å². The van der Waals surface area contributed by atoms with Gasteiger partial charge >= 0.3 is 0 Å². The van der Waals surface area contributed by atoms with Gasteiger partial charge in [0.15, 0.2) is 0 Å². The van der Waals surface area contributed by atoms with Gasteiger partial charge in [-0.1, -0.05) is 32.8 Å². The van der Waals surface area contributed by atoms with E-state index < -0.39 is 0 Å². The molecule has 1 nitrogen and oxygen atoms in total. The van der Waals surface area contributed by atoms with Crippen LogP contribution in [-0.4, -0.2) is 13.1 Å². The normalized spacial score (nSPS) is 17.7. The lowest BCUT2D eigenvalue weighted by Gasteiger charge is -2.52. The van der Waals surface area contributed by atoms with Crippen LogP contribution in [0.5, 0.6) is 0 Å². The molecule has 18 heavy (non-hydrogen) atoms. The molecular weight excluding hydrogens is 333 g/mol. The van der Waals surface area contributed by atoms with Gasteiger partial charge in [-0.05, 0) is 60.1 Å². The Kier molecular flexibility index (Phi) is 4.57. The van der Waals surface area contributed by atoms with Gasteiger partial charge in [0.2, 0.25) is 0 Å². The molecule has 1 aliphatic rings. The van der Waals surface area contributed by atoms with E-state index >= 15 is 0 Å². The first-order valence-corrected chi connectivity index (χ1v) is 8.19. The summed E-state index contributed by atoms with van der Waals surface area (Å²) in [7, 11) is 0. The average Bonchev–Trinajstić information content (AvgIpc) is 2.29. The smallest absolute Gasteiger partial charge is 0.0406 e. The summed E-state index contributed by atoms with van der Waals surface area (Å²) < 4.78 is 1.34. The van der Waals surface area contributed by atoms with Crippen molar-refractivity contribution in [2.24, 2.45) is 5.41 Å². The topological polar surface area (TPSA) is 3.24 Å². The van der Waals surface area contributed by atoms with Crippen LogP contribution in [-0.2, 0) is 0 Å². The van der Waals surface area contributed by atoms with Crippen LogP contribution in [0.1, 0.15) is 45.1 Å². The Hall–Kier alpha value is -0.250. The van der Waals surface area contributed by atoms with Crippen molar-refractivity contribution in [2.45, 2.75) is 46.5 Å². The molecule has 1 fully saturated rings. The molecule has 0 amide bonds. The second-order valence-electron chi connectivity index (χ2n) is 5.79. The highest BCUT2D eigenvalue weighted by Crippen LogP contribution is 2.42. The minimum Gasteiger partial charge on any atom is -0.370 e. The maximum atomic E-state index is 2.57. The highest BCUT2D eigenvalue weighted by molar-refractivity contribution is 14.1. The molecule has 0 aliphatic carbocycles. The van der Waals surface area contributed by atoms with Gasteiger partial charge in [-0.2, -0.15) is 0 Å². The Morgan fingerprint density at radius 1 is 1.17 bits per heavy atom. The number of rotatable bonds is 5. The van der Waals surface area contributed by atoms with Crippen molar-refractivity contribution in [2.75, 3.05) is 18.0 Å². The predicted molar refractivity (Wildman–Crippen MR) is 88.4 cm³/mol. The average molecular weight is 357 g/mol. The van der Waals surface area contributed by atoms with Gasteiger partial charge in [0.05, 0.1) is 0 Å². The Morgan fingerprint density at radius 3 is 2.33 bits per heavy atom. The fourth-order valence-electron chi connectivity index (χ4n) is 3.36. The highest BCUT2D eigenvalue weighted by Gasteiger charge is 2.41. The van der Waals surface area contributed by atoms with Crippen molar-refractivity contribution in [1.82, 2.24) is 0 Å². The Balaban J connectivity index is 2.08. The SMILES string of the molecule is CCCC1(CCC)CN(c2cc(I)ccc2C)C1. The predicted octanol–water partition coefficient (Wildman–Crippen LogP) is 5.01. The van der Waals surface area contributed by atoms with E-state index in [0.717, 1.165) is 0 Å². The summed E-state index contributed by atoms with van der Waals surface area (Å²) in [5.41, 5.74) is 3.47. The highest BCUT2D eigenvalue weighted by atomic mass is 127. The summed E-state index contributed by atoms with van der Waals surface area (Å²) in [4.78, 5) is 2.57. The first kappa shape index (κ1) is 14.2. The van der Waals surface area contributed by atoms with Crippen LogP contribution in [0.25, 0.3) is 0 Å². The number of hydrogen-bond donors (Lipinski definition) is 0. The zero-order valence-electron chi connectivity index (χ0n) is 11.8. The molecule has 0 unspecified atom stereocenters. The summed E-state index contributed by atoms with van der Waals surface area (Å²) in [5, 5.41) is 0. The summed E-state index contributed by atoms with van der Waals surface area (Å²) in [6.45, 7) is 9.38. The molecule has 1 saturated heterocycles. The molecule has 0 N–H and O–H groups in total. The Bertz CT molecular complexity index is 400. The number of benzene rings is 1.